The van der Waals surface area contributed by atoms with Gasteiger partial charge in [-0.3, -0.25) is 9.69 Å². The normalized spacial score (nSPS) is 20.2. The lowest BCUT2D eigenvalue weighted by atomic mass is 10.1. The molecule has 1 amide bonds. The van der Waals surface area contributed by atoms with Crippen LogP contribution in [0.1, 0.15) is 25.0 Å². The maximum Gasteiger partial charge on any atom is 0.252 e. The molecule has 10 heteroatoms. The first kappa shape index (κ1) is 24.2. The third-order valence-corrected chi connectivity index (χ3v) is 8.50. The van der Waals surface area contributed by atoms with Gasteiger partial charge in [0.05, 0.1) is 23.1 Å². The monoisotopic (exact) mass is 485 g/mol. The third-order valence-electron chi connectivity index (χ3n) is 4.99. The molecule has 2 unspecified atom stereocenters. The molecule has 2 heterocycles. The fraction of sp³-hybridized carbons (Fsp3) is 0.476. The number of thiophene rings is 1. The van der Waals surface area contributed by atoms with Crippen molar-refractivity contribution in [1.82, 2.24) is 14.5 Å². The topological polar surface area (TPSA) is 79.0 Å². The van der Waals surface area contributed by atoms with Gasteiger partial charge < -0.3 is 10.1 Å². The Hall–Kier alpha value is -1.49. The zero-order valence-electron chi connectivity index (χ0n) is 17.9. The molecule has 1 N–H and O–H groups in total. The number of rotatable bonds is 8. The molecule has 7 nitrogen and oxygen atoms in total. The van der Waals surface area contributed by atoms with Gasteiger partial charge in [0.25, 0.3) is 10.0 Å². The van der Waals surface area contributed by atoms with E-state index in [-0.39, 0.29) is 28.9 Å². The molecule has 2 atom stereocenters. The van der Waals surface area contributed by atoms with Gasteiger partial charge in [-0.2, -0.15) is 4.31 Å². The van der Waals surface area contributed by atoms with Crippen LogP contribution in [0.3, 0.4) is 0 Å². The van der Waals surface area contributed by atoms with Crippen LogP contribution < -0.4 is 5.32 Å². The van der Waals surface area contributed by atoms with Crippen molar-refractivity contribution in [3.8, 4) is 0 Å². The molecule has 0 bridgehead atoms. The second-order valence-corrected chi connectivity index (χ2v) is 11.9. The molecule has 0 radical (unpaired) electrons. The maximum absolute atomic E-state index is 12.5. The summed E-state index contributed by atoms with van der Waals surface area (Å²) in [6.07, 6.45) is 0.467. The zero-order valence-corrected chi connectivity index (χ0v) is 20.3. The van der Waals surface area contributed by atoms with E-state index in [0.29, 0.717) is 10.9 Å². The summed E-state index contributed by atoms with van der Waals surface area (Å²) in [5.41, 5.74) is 2.16. The van der Waals surface area contributed by atoms with Gasteiger partial charge in [-0.1, -0.05) is 35.9 Å². The van der Waals surface area contributed by atoms with Crippen LogP contribution >= 0.6 is 22.9 Å². The number of carbonyl (C=O) groups is 1. The first-order valence-corrected chi connectivity index (χ1v) is 12.7. The third kappa shape index (κ3) is 6.74. The van der Waals surface area contributed by atoms with Crippen LogP contribution in [-0.4, -0.2) is 62.4 Å². The Morgan fingerprint density at radius 2 is 1.77 bits per heavy atom. The van der Waals surface area contributed by atoms with E-state index in [4.69, 9.17) is 16.3 Å². The molecule has 0 spiro atoms. The van der Waals surface area contributed by atoms with Crippen LogP contribution in [0, 0.1) is 0 Å². The SMILES string of the molecule is CC1CN(Cc2ccc(CNC(=O)CN(C)S(=O)(=O)c3ccc(Cl)s3)cc2)CC(C)O1. The Bertz CT molecular complexity index is 984. The first-order chi connectivity index (χ1) is 14.6. The number of amides is 1. The summed E-state index contributed by atoms with van der Waals surface area (Å²) >= 11 is 6.79. The van der Waals surface area contributed by atoms with Gasteiger partial charge in [0.1, 0.15) is 4.21 Å². The quantitative estimate of drug-likeness (QED) is 0.622. The number of hydrogen-bond donors (Lipinski definition) is 1. The van der Waals surface area contributed by atoms with Crippen LogP contribution in [0.5, 0.6) is 0 Å². The second-order valence-electron chi connectivity index (χ2n) is 7.86. The van der Waals surface area contributed by atoms with Crippen LogP contribution in [-0.2, 0) is 32.6 Å². The molecular formula is C21H28ClN3O4S2. The Balaban J connectivity index is 1.48. The second kappa shape index (κ2) is 10.4. The Morgan fingerprint density at radius 3 is 2.35 bits per heavy atom. The van der Waals surface area contributed by atoms with E-state index < -0.39 is 10.0 Å². The molecule has 2 aromatic rings. The zero-order chi connectivity index (χ0) is 22.6. The highest BCUT2D eigenvalue weighted by molar-refractivity contribution is 7.91. The number of sulfonamides is 1. The van der Waals surface area contributed by atoms with Crippen LogP contribution in [0.4, 0.5) is 0 Å². The molecule has 1 saturated heterocycles. The molecule has 1 aromatic carbocycles. The fourth-order valence-corrected chi connectivity index (χ4v) is 6.39. The summed E-state index contributed by atoms with van der Waals surface area (Å²) in [4.78, 5) is 14.6. The standard InChI is InChI=1S/C21H28ClN3O4S2/c1-15-11-25(12-16(2)29-15)13-18-6-4-17(5-7-18)10-23-20(26)14-24(3)31(27,28)21-9-8-19(22)30-21/h4-9,15-16H,10-14H2,1-3H3,(H,23,26). The minimum Gasteiger partial charge on any atom is -0.373 e. The van der Waals surface area contributed by atoms with E-state index >= 15 is 0 Å². The van der Waals surface area contributed by atoms with E-state index in [1.807, 2.05) is 12.1 Å². The summed E-state index contributed by atoms with van der Waals surface area (Å²) in [6.45, 7) is 6.94. The van der Waals surface area contributed by atoms with Crippen molar-refractivity contribution in [1.29, 1.82) is 0 Å². The Morgan fingerprint density at radius 1 is 1.16 bits per heavy atom. The number of benzene rings is 1. The van der Waals surface area contributed by atoms with Crippen molar-refractivity contribution >= 4 is 38.9 Å². The smallest absolute Gasteiger partial charge is 0.252 e. The van der Waals surface area contributed by atoms with Crippen molar-refractivity contribution in [2.75, 3.05) is 26.7 Å². The van der Waals surface area contributed by atoms with Gasteiger partial charge >= 0.3 is 0 Å². The fourth-order valence-electron chi connectivity index (χ4n) is 3.57. The van der Waals surface area contributed by atoms with Crippen molar-refractivity contribution in [2.45, 2.75) is 43.4 Å². The number of morpholine rings is 1. The van der Waals surface area contributed by atoms with Gasteiger partial charge in [0, 0.05) is 33.2 Å². The van der Waals surface area contributed by atoms with E-state index in [9.17, 15) is 13.2 Å². The summed E-state index contributed by atoms with van der Waals surface area (Å²) in [5.74, 6) is -0.367. The average molecular weight is 486 g/mol. The minimum absolute atomic E-state index is 0.118. The molecule has 0 saturated carbocycles. The molecule has 1 fully saturated rings. The summed E-state index contributed by atoms with van der Waals surface area (Å²) in [7, 11) is -2.35. The predicted molar refractivity (Wildman–Crippen MR) is 123 cm³/mol. The molecule has 0 aliphatic carbocycles. The molecule has 3 rings (SSSR count). The van der Waals surface area contributed by atoms with Crippen molar-refractivity contribution in [3.63, 3.8) is 0 Å². The summed E-state index contributed by atoms with van der Waals surface area (Å²) in [6, 6.07) is 11.0. The van der Waals surface area contributed by atoms with Gasteiger partial charge in [-0.25, -0.2) is 8.42 Å². The highest BCUT2D eigenvalue weighted by Gasteiger charge is 2.25. The van der Waals surface area contributed by atoms with Crippen molar-refractivity contribution in [2.24, 2.45) is 0 Å². The van der Waals surface area contributed by atoms with E-state index in [1.165, 1.54) is 24.7 Å². The number of nitrogens with one attached hydrogen (secondary N) is 1. The highest BCUT2D eigenvalue weighted by Crippen LogP contribution is 2.27. The van der Waals surface area contributed by atoms with Gasteiger partial charge in [0.15, 0.2) is 0 Å². The Labute approximate surface area is 193 Å². The lowest BCUT2D eigenvalue weighted by molar-refractivity contribution is -0.121. The van der Waals surface area contributed by atoms with E-state index in [0.717, 1.165) is 40.8 Å². The van der Waals surface area contributed by atoms with Crippen molar-refractivity contribution < 1.29 is 17.9 Å². The van der Waals surface area contributed by atoms with Crippen molar-refractivity contribution in [3.05, 3.63) is 51.9 Å². The predicted octanol–water partition coefficient (Wildman–Crippen LogP) is 2.95. The molecule has 170 valence electrons. The molecule has 1 aliphatic heterocycles. The number of likely N-dealkylation sites (N-methyl/N-ethyl adjacent to an activating group) is 1. The lowest BCUT2D eigenvalue weighted by Crippen LogP contribution is -2.44. The maximum atomic E-state index is 12.5. The summed E-state index contributed by atoms with van der Waals surface area (Å²) < 4.78 is 32.3. The van der Waals surface area contributed by atoms with Gasteiger partial charge in [0.2, 0.25) is 5.91 Å². The number of nitrogens with zero attached hydrogens (tertiary/aromatic N) is 2. The number of halogens is 1. The van der Waals surface area contributed by atoms with Gasteiger partial charge in [-0.15, -0.1) is 11.3 Å². The minimum atomic E-state index is -3.73. The number of carbonyl (C=O) groups excluding carboxylic acids is 1. The highest BCUT2D eigenvalue weighted by atomic mass is 35.5. The number of hydrogen-bond acceptors (Lipinski definition) is 6. The van der Waals surface area contributed by atoms with Crippen LogP contribution in [0.15, 0.2) is 40.6 Å². The molecule has 1 aliphatic rings. The molecule has 1 aromatic heterocycles. The average Bonchev–Trinajstić information content (AvgIpc) is 3.14. The largest absolute Gasteiger partial charge is 0.373 e. The van der Waals surface area contributed by atoms with Crippen LogP contribution in [0.25, 0.3) is 0 Å². The van der Waals surface area contributed by atoms with E-state index in [2.05, 4.69) is 36.2 Å². The van der Waals surface area contributed by atoms with Gasteiger partial charge in [-0.05, 0) is 37.1 Å². The lowest BCUT2D eigenvalue weighted by Gasteiger charge is -2.35. The summed E-state index contributed by atoms with van der Waals surface area (Å²) in [5, 5.41) is 2.78. The molecule has 31 heavy (non-hydrogen) atoms. The Kier molecular flexibility index (Phi) is 8.12. The first-order valence-electron chi connectivity index (χ1n) is 10.1. The molecular weight excluding hydrogens is 458 g/mol. The van der Waals surface area contributed by atoms with E-state index in [1.54, 1.807) is 0 Å². The van der Waals surface area contributed by atoms with Crippen LogP contribution in [0.2, 0.25) is 4.34 Å². The number of ether oxygens (including phenoxy) is 1.